The molecule has 4 N–H and O–H groups in total. The van der Waals surface area contributed by atoms with Gasteiger partial charge in [0.25, 0.3) is 0 Å². The van der Waals surface area contributed by atoms with Crippen molar-refractivity contribution < 1.29 is 9.90 Å². The fourth-order valence-corrected chi connectivity index (χ4v) is 2.76. The third-order valence-electron chi connectivity index (χ3n) is 2.88. The first kappa shape index (κ1) is 13.4. The Morgan fingerprint density at radius 3 is 2.68 bits per heavy atom. The minimum atomic E-state index is -0.982. The van der Waals surface area contributed by atoms with E-state index in [2.05, 4.69) is 5.32 Å². The van der Waals surface area contributed by atoms with Gasteiger partial charge in [0.15, 0.2) is 0 Å². The van der Waals surface area contributed by atoms with E-state index in [1.807, 2.05) is 26.0 Å². The Balaban J connectivity index is 2.30. The Morgan fingerprint density at radius 1 is 1.37 bits per heavy atom. The van der Waals surface area contributed by atoms with E-state index in [9.17, 15) is 9.90 Å². The van der Waals surface area contributed by atoms with Crippen LogP contribution in [0.15, 0.2) is 30.3 Å². The molecule has 2 rings (SSSR count). The number of hydrogen-bond donors (Lipinski definition) is 3. The van der Waals surface area contributed by atoms with Crippen LogP contribution in [0.1, 0.15) is 33.1 Å². The predicted molar refractivity (Wildman–Crippen MR) is 78.9 cm³/mol. The summed E-state index contributed by atoms with van der Waals surface area (Å²) in [6, 6.07) is 8.99. The summed E-state index contributed by atoms with van der Waals surface area (Å²) < 4.78 is 0. The molecule has 0 saturated heterocycles. The highest BCUT2D eigenvalue weighted by Gasteiger charge is 2.16. The van der Waals surface area contributed by atoms with Gasteiger partial charge in [0.1, 0.15) is 0 Å². The lowest BCUT2D eigenvalue weighted by molar-refractivity contribution is 0.0698. The fraction of sp³-hybridized carbons (Fsp3) is 0.214. The molecule has 0 aliphatic heterocycles. The van der Waals surface area contributed by atoms with Gasteiger partial charge in [-0.05, 0) is 38.1 Å². The molecule has 1 atom stereocenters. The minimum Gasteiger partial charge on any atom is -0.478 e. The summed E-state index contributed by atoms with van der Waals surface area (Å²) in [5.74, 6) is -0.982. The van der Waals surface area contributed by atoms with Gasteiger partial charge in [-0.3, -0.25) is 0 Å². The average Bonchev–Trinajstić information content (AvgIpc) is 2.78. The number of aryl methyl sites for hydroxylation is 1. The van der Waals surface area contributed by atoms with Crippen LogP contribution in [-0.2, 0) is 0 Å². The van der Waals surface area contributed by atoms with Crippen molar-refractivity contribution in [3.63, 3.8) is 0 Å². The highest BCUT2D eigenvalue weighted by molar-refractivity contribution is 7.12. The van der Waals surface area contributed by atoms with Crippen molar-refractivity contribution in [2.75, 3.05) is 11.1 Å². The monoisotopic (exact) mass is 276 g/mol. The summed E-state index contributed by atoms with van der Waals surface area (Å²) in [5.41, 5.74) is 6.99. The van der Waals surface area contributed by atoms with Crippen molar-refractivity contribution in [1.82, 2.24) is 0 Å². The molecule has 2 aromatic rings. The predicted octanol–water partition coefficient (Wildman–Crippen LogP) is 3.51. The molecule has 1 heterocycles. The van der Waals surface area contributed by atoms with E-state index < -0.39 is 5.97 Å². The Bertz CT molecular complexity index is 607. The number of carbonyl (C=O) groups is 1. The van der Waals surface area contributed by atoms with Gasteiger partial charge in [-0.15, -0.1) is 11.3 Å². The van der Waals surface area contributed by atoms with Gasteiger partial charge in [0, 0.05) is 9.75 Å². The lowest BCUT2D eigenvalue weighted by Gasteiger charge is -2.17. The Labute approximate surface area is 115 Å². The van der Waals surface area contributed by atoms with Gasteiger partial charge in [-0.2, -0.15) is 0 Å². The van der Waals surface area contributed by atoms with Gasteiger partial charge in [-0.1, -0.05) is 6.07 Å². The first-order chi connectivity index (χ1) is 8.99. The van der Waals surface area contributed by atoms with Gasteiger partial charge in [-0.25, -0.2) is 4.79 Å². The molecule has 5 heteroatoms. The van der Waals surface area contributed by atoms with Crippen molar-refractivity contribution in [2.24, 2.45) is 0 Å². The molecule has 1 aromatic heterocycles. The van der Waals surface area contributed by atoms with Gasteiger partial charge < -0.3 is 16.2 Å². The summed E-state index contributed by atoms with van der Waals surface area (Å²) in [4.78, 5) is 13.6. The van der Waals surface area contributed by atoms with Crippen molar-refractivity contribution in [2.45, 2.75) is 19.9 Å². The van der Waals surface area contributed by atoms with Crippen LogP contribution in [0, 0.1) is 6.92 Å². The Hall–Kier alpha value is -2.01. The summed E-state index contributed by atoms with van der Waals surface area (Å²) in [6.07, 6.45) is 0. The summed E-state index contributed by atoms with van der Waals surface area (Å²) >= 11 is 1.68. The molecule has 100 valence electrons. The summed E-state index contributed by atoms with van der Waals surface area (Å²) in [7, 11) is 0. The second-order valence-corrected chi connectivity index (χ2v) is 5.71. The molecule has 4 nitrogen and oxygen atoms in total. The van der Waals surface area contributed by atoms with Crippen LogP contribution in [0.4, 0.5) is 11.4 Å². The van der Waals surface area contributed by atoms with Crippen molar-refractivity contribution >= 4 is 28.7 Å². The van der Waals surface area contributed by atoms with Gasteiger partial charge in [0.2, 0.25) is 0 Å². The van der Waals surface area contributed by atoms with Gasteiger partial charge in [0.05, 0.1) is 23.0 Å². The molecule has 0 bridgehead atoms. The van der Waals surface area contributed by atoms with Crippen molar-refractivity contribution in [3.8, 4) is 0 Å². The zero-order valence-electron chi connectivity index (χ0n) is 10.8. The normalized spacial score (nSPS) is 12.1. The van der Waals surface area contributed by atoms with E-state index in [1.165, 1.54) is 4.88 Å². The summed E-state index contributed by atoms with van der Waals surface area (Å²) in [5, 5.41) is 12.4. The first-order valence-electron chi connectivity index (χ1n) is 5.93. The second kappa shape index (κ2) is 5.32. The highest BCUT2D eigenvalue weighted by Crippen LogP contribution is 2.30. The maximum absolute atomic E-state index is 11.2. The number of benzene rings is 1. The number of hydrogen-bond acceptors (Lipinski definition) is 4. The molecular weight excluding hydrogens is 260 g/mol. The van der Waals surface area contributed by atoms with E-state index in [4.69, 9.17) is 5.73 Å². The van der Waals surface area contributed by atoms with Crippen LogP contribution in [0.5, 0.6) is 0 Å². The quantitative estimate of drug-likeness (QED) is 0.747. The maximum atomic E-state index is 11.2. The molecule has 0 saturated carbocycles. The minimum absolute atomic E-state index is 0.0153. The number of para-hydroxylation sites is 1. The maximum Gasteiger partial charge on any atom is 0.337 e. The number of rotatable bonds is 4. The summed E-state index contributed by atoms with van der Waals surface area (Å²) in [6.45, 7) is 4.03. The fourth-order valence-electron chi connectivity index (χ4n) is 1.88. The molecule has 0 spiro atoms. The lowest BCUT2D eigenvalue weighted by Crippen LogP contribution is -2.11. The standard InChI is InChI=1S/C14H16N2O2S/c1-8-6-7-12(19-8)9(2)16-13-10(14(17)18)4-3-5-11(13)15/h3-7,9,16H,15H2,1-2H3,(H,17,18). The third-order valence-corrected chi connectivity index (χ3v) is 4.06. The van der Waals surface area contributed by atoms with Crippen molar-refractivity contribution in [3.05, 3.63) is 45.6 Å². The lowest BCUT2D eigenvalue weighted by atomic mass is 10.1. The molecule has 0 fully saturated rings. The van der Waals surface area contributed by atoms with E-state index in [0.29, 0.717) is 11.4 Å². The molecular formula is C14H16N2O2S. The van der Waals surface area contributed by atoms with Crippen LogP contribution < -0.4 is 11.1 Å². The Morgan fingerprint density at radius 2 is 2.11 bits per heavy atom. The SMILES string of the molecule is Cc1ccc(C(C)Nc2c(N)cccc2C(=O)O)s1. The smallest absolute Gasteiger partial charge is 0.337 e. The topological polar surface area (TPSA) is 75.3 Å². The van der Waals surface area contributed by atoms with Crippen LogP contribution in [0.3, 0.4) is 0 Å². The van der Waals surface area contributed by atoms with Crippen LogP contribution in [0.25, 0.3) is 0 Å². The van der Waals surface area contributed by atoms with E-state index in [0.717, 1.165) is 4.88 Å². The molecule has 0 amide bonds. The number of nitrogen functional groups attached to an aromatic ring is 1. The number of nitrogens with one attached hydrogen (secondary N) is 1. The molecule has 19 heavy (non-hydrogen) atoms. The average molecular weight is 276 g/mol. The highest BCUT2D eigenvalue weighted by atomic mass is 32.1. The van der Waals surface area contributed by atoms with E-state index in [1.54, 1.807) is 29.5 Å². The third kappa shape index (κ3) is 2.88. The number of anilines is 2. The number of carboxylic acids is 1. The van der Waals surface area contributed by atoms with Crippen LogP contribution >= 0.6 is 11.3 Å². The zero-order chi connectivity index (χ0) is 14.0. The van der Waals surface area contributed by atoms with Crippen LogP contribution in [0.2, 0.25) is 0 Å². The van der Waals surface area contributed by atoms with Crippen molar-refractivity contribution in [1.29, 1.82) is 0 Å². The number of thiophene rings is 1. The Kier molecular flexibility index (Phi) is 3.76. The molecule has 0 radical (unpaired) electrons. The van der Waals surface area contributed by atoms with Gasteiger partial charge >= 0.3 is 5.97 Å². The van der Waals surface area contributed by atoms with E-state index >= 15 is 0 Å². The molecule has 0 aliphatic carbocycles. The molecule has 0 aliphatic rings. The first-order valence-corrected chi connectivity index (χ1v) is 6.75. The largest absolute Gasteiger partial charge is 0.478 e. The molecule has 1 unspecified atom stereocenters. The number of aromatic carboxylic acids is 1. The second-order valence-electron chi connectivity index (χ2n) is 4.39. The number of carboxylic acid groups (broad SMARTS) is 1. The molecule has 1 aromatic carbocycles. The van der Waals surface area contributed by atoms with E-state index in [-0.39, 0.29) is 11.6 Å². The van der Waals surface area contributed by atoms with Crippen LogP contribution in [-0.4, -0.2) is 11.1 Å². The number of nitrogens with two attached hydrogens (primary N) is 1. The zero-order valence-corrected chi connectivity index (χ0v) is 11.6.